The van der Waals surface area contributed by atoms with Gasteiger partial charge in [-0.1, -0.05) is 30.3 Å². The lowest BCUT2D eigenvalue weighted by Crippen LogP contribution is -2.40. The molecule has 2 aromatic rings. The van der Waals surface area contributed by atoms with Gasteiger partial charge in [0.05, 0.1) is 12.1 Å². The Bertz CT molecular complexity index is 557. The number of nitrogens with one attached hydrogen (secondary N) is 1. The number of carbonyl (C=O) groups excluding carboxylic acids is 1. The number of amides is 1. The van der Waals surface area contributed by atoms with Crippen LogP contribution in [0.5, 0.6) is 0 Å². The molecule has 0 aromatic heterocycles. The van der Waals surface area contributed by atoms with Crippen LogP contribution in [0.2, 0.25) is 0 Å². The first-order valence-electron chi connectivity index (χ1n) is 5.98. The summed E-state index contributed by atoms with van der Waals surface area (Å²) in [6, 6.07) is 15.5. The van der Waals surface area contributed by atoms with Crippen molar-refractivity contribution in [2.75, 3.05) is 12.1 Å². The second-order valence-corrected chi connectivity index (χ2v) is 4.24. The van der Waals surface area contributed by atoms with Gasteiger partial charge in [-0.05, 0) is 29.8 Å². The van der Waals surface area contributed by atoms with E-state index in [1.54, 1.807) is 24.2 Å². The third-order valence-electron chi connectivity index (χ3n) is 2.69. The molecule has 1 amide bonds. The van der Waals surface area contributed by atoms with Crippen molar-refractivity contribution in [1.29, 1.82) is 0 Å². The first-order valence-corrected chi connectivity index (χ1v) is 5.98. The SMILES string of the molecule is CN(NC(=O)Cc1cccc(F)c1)c1ccccc1. The van der Waals surface area contributed by atoms with E-state index in [9.17, 15) is 9.18 Å². The Hall–Kier alpha value is -2.36. The predicted molar refractivity (Wildman–Crippen MR) is 73.1 cm³/mol. The van der Waals surface area contributed by atoms with Crippen LogP contribution in [-0.4, -0.2) is 13.0 Å². The molecule has 0 aliphatic carbocycles. The van der Waals surface area contributed by atoms with Crippen LogP contribution in [0.25, 0.3) is 0 Å². The molecule has 19 heavy (non-hydrogen) atoms. The minimum Gasteiger partial charge on any atom is -0.289 e. The fourth-order valence-corrected chi connectivity index (χ4v) is 1.78. The van der Waals surface area contributed by atoms with Gasteiger partial charge in [-0.3, -0.25) is 15.2 Å². The second kappa shape index (κ2) is 6.00. The van der Waals surface area contributed by atoms with Crippen molar-refractivity contribution in [2.24, 2.45) is 0 Å². The van der Waals surface area contributed by atoms with E-state index in [0.717, 1.165) is 5.69 Å². The molecule has 4 heteroatoms. The molecule has 0 atom stereocenters. The zero-order valence-corrected chi connectivity index (χ0v) is 10.6. The number of halogens is 1. The molecule has 0 fully saturated rings. The van der Waals surface area contributed by atoms with Crippen LogP contribution >= 0.6 is 0 Å². The van der Waals surface area contributed by atoms with Crippen LogP contribution in [0.3, 0.4) is 0 Å². The smallest absolute Gasteiger partial charge is 0.242 e. The molecule has 0 spiro atoms. The van der Waals surface area contributed by atoms with Crippen LogP contribution in [-0.2, 0) is 11.2 Å². The van der Waals surface area contributed by atoms with E-state index < -0.39 is 0 Å². The highest BCUT2D eigenvalue weighted by Gasteiger charge is 2.07. The highest BCUT2D eigenvalue weighted by molar-refractivity contribution is 5.80. The quantitative estimate of drug-likeness (QED) is 0.855. The van der Waals surface area contributed by atoms with Gasteiger partial charge in [0.25, 0.3) is 0 Å². The number of anilines is 1. The van der Waals surface area contributed by atoms with Crippen molar-refractivity contribution in [3.8, 4) is 0 Å². The molecule has 0 bridgehead atoms. The van der Waals surface area contributed by atoms with Crippen molar-refractivity contribution in [1.82, 2.24) is 5.43 Å². The van der Waals surface area contributed by atoms with E-state index in [2.05, 4.69) is 5.43 Å². The van der Waals surface area contributed by atoms with Crippen LogP contribution in [0.15, 0.2) is 54.6 Å². The molecule has 0 radical (unpaired) electrons. The Morgan fingerprint density at radius 1 is 1.16 bits per heavy atom. The number of para-hydroxylation sites is 1. The molecular weight excluding hydrogens is 243 g/mol. The highest BCUT2D eigenvalue weighted by atomic mass is 19.1. The first-order chi connectivity index (χ1) is 9.15. The predicted octanol–water partition coefficient (Wildman–Crippen LogP) is 2.54. The lowest BCUT2D eigenvalue weighted by atomic mass is 10.1. The maximum atomic E-state index is 13.0. The van der Waals surface area contributed by atoms with E-state index in [-0.39, 0.29) is 18.1 Å². The summed E-state index contributed by atoms with van der Waals surface area (Å²) in [5.74, 6) is -0.515. The summed E-state index contributed by atoms with van der Waals surface area (Å²) in [5, 5.41) is 1.64. The molecule has 0 aliphatic heterocycles. The lowest BCUT2D eigenvalue weighted by Gasteiger charge is -2.20. The number of nitrogens with zero attached hydrogens (tertiary/aromatic N) is 1. The first kappa shape index (κ1) is 13.1. The number of hydrogen-bond acceptors (Lipinski definition) is 2. The van der Waals surface area contributed by atoms with E-state index in [4.69, 9.17) is 0 Å². The number of hydrazine groups is 1. The molecular formula is C15H15FN2O. The van der Waals surface area contributed by atoms with Crippen LogP contribution in [0.1, 0.15) is 5.56 Å². The largest absolute Gasteiger partial charge is 0.289 e. The van der Waals surface area contributed by atoms with E-state index in [1.165, 1.54) is 12.1 Å². The maximum absolute atomic E-state index is 13.0. The third-order valence-corrected chi connectivity index (χ3v) is 2.69. The Labute approximate surface area is 111 Å². The zero-order valence-electron chi connectivity index (χ0n) is 10.6. The molecule has 0 saturated heterocycles. The number of carbonyl (C=O) groups is 1. The van der Waals surface area contributed by atoms with E-state index >= 15 is 0 Å². The zero-order chi connectivity index (χ0) is 13.7. The van der Waals surface area contributed by atoms with Crippen molar-refractivity contribution >= 4 is 11.6 Å². The van der Waals surface area contributed by atoms with Crippen LogP contribution in [0.4, 0.5) is 10.1 Å². The van der Waals surface area contributed by atoms with Gasteiger partial charge in [0.1, 0.15) is 5.82 Å². The van der Waals surface area contributed by atoms with Crippen LogP contribution < -0.4 is 10.4 Å². The molecule has 0 heterocycles. The van der Waals surface area contributed by atoms with Gasteiger partial charge in [0.2, 0.25) is 5.91 Å². The molecule has 0 unspecified atom stereocenters. The van der Waals surface area contributed by atoms with Crippen molar-refractivity contribution in [3.63, 3.8) is 0 Å². The third kappa shape index (κ3) is 3.81. The molecule has 2 rings (SSSR count). The summed E-state index contributed by atoms with van der Waals surface area (Å²) in [6.45, 7) is 0. The van der Waals surface area contributed by atoms with Crippen molar-refractivity contribution in [3.05, 3.63) is 66.0 Å². The average Bonchev–Trinajstić information content (AvgIpc) is 2.39. The lowest BCUT2D eigenvalue weighted by molar-refractivity contribution is -0.120. The Balaban J connectivity index is 1.95. The van der Waals surface area contributed by atoms with Gasteiger partial charge in [-0.15, -0.1) is 0 Å². The molecule has 0 aliphatic rings. The summed E-state index contributed by atoms with van der Waals surface area (Å²) in [4.78, 5) is 11.8. The molecule has 2 aromatic carbocycles. The molecule has 0 saturated carbocycles. The Kier molecular flexibility index (Phi) is 4.13. The monoisotopic (exact) mass is 258 g/mol. The van der Waals surface area contributed by atoms with Gasteiger partial charge in [-0.25, -0.2) is 4.39 Å². The van der Waals surface area contributed by atoms with Crippen LogP contribution in [0, 0.1) is 5.82 Å². The van der Waals surface area contributed by atoms with Gasteiger partial charge >= 0.3 is 0 Å². The summed E-state index contributed by atoms with van der Waals surface area (Å²) in [7, 11) is 1.76. The minimum atomic E-state index is -0.332. The van der Waals surface area contributed by atoms with E-state index in [0.29, 0.717) is 5.56 Å². The average molecular weight is 258 g/mol. The number of benzene rings is 2. The van der Waals surface area contributed by atoms with Gasteiger partial charge in [-0.2, -0.15) is 0 Å². The summed E-state index contributed by atoms with van der Waals surface area (Å²) in [6.07, 6.45) is 0.148. The maximum Gasteiger partial charge on any atom is 0.242 e. The molecule has 3 nitrogen and oxygen atoms in total. The second-order valence-electron chi connectivity index (χ2n) is 4.24. The minimum absolute atomic E-state index is 0.148. The standard InChI is InChI=1S/C15H15FN2O/c1-18(14-8-3-2-4-9-14)17-15(19)11-12-6-5-7-13(16)10-12/h2-10H,11H2,1H3,(H,17,19). The fraction of sp³-hybridized carbons (Fsp3) is 0.133. The summed E-state index contributed by atoms with van der Waals surface area (Å²) in [5.41, 5.74) is 4.27. The highest BCUT2D eigenvalue weighted by Crippen LogP contribution is 2.09. The number of hydrogen-bond donors (Lipinski definition) is 1. The van der Waals surface area contributed by atoms with Gasteiger partial charge < -0.3 is 0 Å². The normalized spacial score (nSPS) is 10.0. The van der Waals surface area contributed by atoms with Gasteiger partial charge in [0, 0.05) is 7.05 Å². The van der Waals surface area contributed by atoms with E-state index in [1.807, 2.05) is 30.3 Å². The topological polar surface area (TPSA) is 32.3 Å². The van der Waals surface area contributed by atoms with Crippen molar-refractivity contribution in [2.45, 2.75) is 6.42 Å². The Morgan fingerprint density at radius 2 is 1.89 bits per heavy atom. The summed E-state index contributed by atoms with van der Waals surface area (Å²) >= 11 is 0. The molecule has 98 valence electrons. The van der Waals surface area contributed by atoms with Crippen molar-refractivity contribution < 1.29 is 9.18 Å². The van der Waals surface area contributed by atoms with Gasteiger partial charge in [0.15, 0.2) is 0 Å². The molecule has 1 N–H and O–H groups in total. The Morgan fingerprint density at radius 3 is 2.58 bits per heavy atom. The number of rotatable bonds is 4. The summed E-state index contributed by atoms with van der Waals surface area (Å²) < 4.78 is 13.0. The fourth-order valence-electron chi connectivity index (χ4n) is 1.78.